The molecule has 0 spiro atoms. The zero-order chi connectivity index (χ0) is 20.2. The Bertz CT molecular complexity index is 860. The van der Waals surface area contributed by atoms with Crippen LogP contribution in [-0.4, -0.2) is 78.8 Å². The standard InChI is InChI=1S/C20H24N4O3S2/c1-22(13-19(25)23-6-8-27-9-7-23)14-20(26)24-16(18-5-3-11-29-18)12-15(21-24)17-4-2-10-28-17/h2-5,10-11,16H,6-9,12-14H2,1H3/t16-/m0/s1. The van der Waals surface area contributed by atoms with Crippen LogP contribution in [0.2, 0.25) is 0 Å². The minimum absolute atomic E-state index is 0.0302. The Morgan fingerprint density at radius 2 is 1.86 bits per heavy atom. The van der Waals surface area contributed by atoms with Gasteiger partial charge in [-0.1, -0.05) is 12.1 Å². The summed E-state index contributed by atoms with van der Waals surface area (Å²) in [5.74, 6) is -0.0603. The zero-order valence-electron chi connectivity index (χ0n) is 16.3. The molecule has 2 aromatic rings. The second-order valence-corrected chi connectivity index (χ2v) is 9.09. The van der Waals surface area contributed by atoms with Gasteiger partial charge in [-0.05, 0) is 29.9 Å². The lowest BCUT2D eigenvalue weighted by Crippen LogP contribution is -2.46. The van der Waals surface area contributed by atoms with E-state index in [1.165, 1.54) is 0 Å². The van der Waals surface area contributed by atoms with Crippen LogP contribution in [0.5, 0.6) is 0 Å². The summed E-state index contributed by atoms with van der Waals surface area (Å²) in [7, 11) is 1.80. The minimum Gasteiger partial charge on any atom is -0.378 e. The summed E-state index contributed by atoms with van der Waals surface area (Å²) in [6, 6.07) is 8.00. The monoisotopic (exact) mass is 432 g/mol. The molecule has 2 aromatic heterocycles. The molecule has 1 atom stereocenters. The zero-order valence-corrected chi connectivity index (χ0v) is 18.0. The normalized spacial score (nSPS) is 19.7. The summed E-state index contributed by atoms with van der Waals surface area (Å²) in [5.41, 5.74) is 0.943. The number of hydrogen-bond donors (Lipinski definition) is 0. The van der Waals surface area contributed by atoms with Crippen molar-refractivity contribution in [1.29, 1.82) is 0 Å². The minimum atomic E-state index is -0.0905. The number of hydrogen-bond acceptors (Lipinski definition) is 7. The van der Waals surface area contributed by atoms with E-state index in [9.17, 15) is 9.59 Å². The van der Waals surface area contributed by atoms with Crippen molar-refractivity contribution in [3.63, 3.8) is 0 Å². The maximum atomic E-state index is 13.1. The van der Waals surface area contributed by atoms with Gasteiger partial charge < -0.3 is 9.64 Å². The SMILES string of the molecule is CN(CC(=O)N1CCOCC1)CC(=O)N1N=C(c2cccs2)C[C@H]1c1cccs1. The van der Waals surface area contributed by atoms with Gasteiger partial charge in [0.2, 0.25) is 5.91 Å². The number of carbonyl (C=O) groups excluding carboxylic acids is 2. The molecular formula is C20H24N4O3S2. The van der Waals surface area contributed by atoms with E-state index < -0.39 is 0 Å². The molecule has 9 heteroatoms. The van der Waals surface area contributed by atoms with E-state index >= 15 is 0 Å². The van der Waals surface area contributed by atoms with Crippen molar-refractivity contribution in [2.75, 3.05) is 46.4 Å². The summed E-state index contributed by atoms with van der Waals surface area (Å²) >= 11 is 3.27. The smallest absolute Gasteiger partial charge is 0.257 e. The van der Waals surface area contributed by atoms with Gasteiger partial charge >= 0.3 is 0 Å². The molecule has 0 aliphatic carbocycles. The highest BCUT2D eigenvalue weighted by Crippen LogP contribution is 2.35. The summed E-state index contributed by atoms with van der Waals surface area (Å²) in [4.78, 5) is 31.3. The van der Waals surface area contributed by atoms with E-state index in [-0.39, 0.29) is 30.9 Å². The average molecular weight is 433 g/mol. The average Bonchev–Trinajstić information content (AvgIpc) is 3.49. The molecule has 0 bridgehead atoms. The number of rotatable bonds is 6. The van der Waals surface area contributed by atoms with E-state index in [1.807, 2.05) is 35.0 Å². The van der Waals surface area contributed by atoms with Gasteiger partial charge in [0.15, 0.2) is 0 Å². The molecule has 0 saturated carbocycles. The molecule has 29 heavy (non-hydrogen) atoms. The first kappa shape index (κ1) is 20.2. The van der Waals surface area contributed by atoms with Gasteiger partial charge in [-0.2, -0.15) is 5.10 Å². The number of hydrazone groups is 1. The molecule has 2 amide bonds. The molecule has 4 rings (SSSR count). The second kappa shape index (κ2) is 9.17. The summed E-state index contributed by atoms with van der Waals surface area (Å²) in [6.45, 7) is 2.74. The van der Waals surface area contributed by atoms with Crippen LogP contribution in [-0.2, 0) is 14.3 Å². The number of morpholine rings is 1. The van der Waals surface area contributed by atoms with Crippen LogP contribution in [0, 0.1) is 0 Å². The van der Waals surface area contributed by atoms with Gasteiger partial charge in [0.05, 0.1) is 42.9 Å². The van der Waals surface area contributed by atoms with E-state index in [1.54, 1.807) is 44.5 Å². The molecule has 0 radical (unpaired) electrons. The largest absolute Gasteiger partial charge is 0.378 e. The van der Waals surface area contributed by atoms with Crippen LogP contribution in [0.15, 0.2) is 40.1 Å². The van der Waals surface area contributed by atoms with Gasteiger partial charge in [0.1, 0.15) is 0 Å². The molecule has 2 aliphatic heterocycles. The van der Waals surface area contributed by atoms with Gasteiger partial charge in [-0.15, -0.1) is 22.7 Å². The lowest BCUT2D eigenvalue weighted by Gasteiger charge is -2.29. The fraction of sp³-hybridized carbons (Fsp3) is 0.450. The molecule has 0 unspecified atom stereocenters. The molecule has 1 fully saturated rings. The van der Waals surface area contributed by atoms with Crippen molar-refractivity contribution in [2.24, 2.45) is 5.10 Å². The predicted octanol–water partition coefficient (Wildman–Crippen LogP) is 2.28. The number of ether oxygens (including phenoxy) is 1. The van der Waals surface area contributed by atoms with Gasteiger partial charge in [0, 0.05) is 24.4 Å². The number of amides is 2. The Kier molecular flexibility index (Phi) is 6.39. The number of likely N-dealkylation sites (N-methyl/N-ethyl adjacent to an activating group) is 1. The first-order valence-corrected chi connectivity index (χ1v) is 11.4. The van der Waals surface area contributed by atoms with Gasteiger partial charge in [-0.3, -0.25) is 14.5 Å². The third kappa shape index (κ3) is 4.75. The lowest BCUT2D eigenvalue weighted by atomic mass is 10.1. The third-order valence-electron chi connectivity index (χ3n) is 5.02. The highest BCUT2D eigenvalue weighted by molar-refractivity contribution is 7.12. The van der Waals surface area contributed by atoms with Crippen molar-refractivity contribution in [1.82, 2.24) is 14.8 Å². The summed E-state index contributed by atoms with van der Waals surface area (Å²) < 4.78 is 5.29. The molecule has 4 heterocycles. The van der Waals surface area contributed by atoms with E-state index in [0.717, 1.165) is 15.5 Å². The Balaban J connectivity index is 1.42. The first-order chi connectivity index (χ1) is 14.1. The Labute approximate surface area is 178 Å². The summed E-state index contributed by atoms with van der Waals surface area (Å²) in [5, 5.41) is 10.3. The molecule has 1 saturated heterocycles. The second-order valence-electron chi connectivity index (χ2n) is 7.16. The van der Waals surface area contributed by atoms with E-state index in [2.05, 4.69) is 5.10 Å². The lowest BCUT2D eigenvalue weighted by molar-refractivity contribution is -0.138. The van der Waals surface area contributed by atoms with Crippen LogP contribution in [0.3, 0.4) is 0 Å². The molecule has 2 aliphatic rings. The van der Waals surface area contributed by atoms with E-state index in [0.29, 0.717) is 32.7 Å². The first-order valence-electron chi connectivity index (χ1n) is 9.62. The van der Waals surface area contributed by atoms with Crippen LogP contribution < -0.4 is 0 Å². The fourth-order valence-corrected chi connectivity index (χ4v) is 5.07. The predicted molar refractivity (Wildman–Crippen MR) is 114 cm³/mol. The fourth-order valence-electron chi connectivity index (χ4n) is 3.54. The third-order valence-corrected chi connectivity index (χ3v) is 6.91. The Hall–Kier alpha value is -2.07. The number of carbonyl (C=O) groups is 2. The molecule has 0 aromatic carbocycles. The van der Waals surface area contributed by atoms with Gasteiger partial charge in [-0.25, -0.2) is 5.01 Å². The molecule has 0 N–H and O–H groups in total. The Morgan fingerprint density at radius 1 is 1.14 bits per heavy atom. The highest BCUT2D eigenvalue weighted by atomic mass is 32.1. The van der Waals surface area contributed by atoms with Crippen molar-refractivity contribution in [3.8, 4) is 0 Å². The van der Waals surface area contributed by atoms with Crippen LogP contribution >= 0.6 is 22.7 Å². The van der Waals surface area contributed by atoms with Crippen LogP contribution in [0.1, 0.15) is 22.2 Å². The Morgan fingerprint density at radius 3 is 2.55 bits per heavy atom. The van der Waals surface area contributed by atoms with Crippen molar-refractivity contribution in [3.05, 3.63) is 44.8 Å². The quantitative estimate of drug-likeness (QED) is 0.703. The van der Waals surface area contributed by atoms with Crippen LogP contribution in [0.25, 0.3) is 0 Å². The highest BCUT2D eigenvalue weighted by Gasteiger charge is 2.34. The van der Waals surface area contributed by atoms with Crippen molar-refractivity contribution < 1.29 is 14.3 Å². The van der Waals surface area contributed by atoms with E-state index in [4.69, 9.17) is 4.74 Å². The van der Waals surface area contributed by atoms with Crippen molar-refractivity contribution in [2.45, 2.75) is 12.5 Å². The summed E-state index contributed by atoms with van der Waals surface area (Å²) in [6.07, 6.45) is 0.711. The molecular weight excluding hydrogens is 408 g/mol. The van der Waals surface area contributed by atoms with Crippen LogP contribution in [0.4, 0.5) is 0 Å². The maximum absolute atomic E-state index is 13.1. The van der Waals surface area contributed by atoms with Gasteiger partial charge in [0.25, 0.3) is 5.91 Å². The van der Waals surface area contributed by atoms with Crippen molar-refractivity contribution >= 4 is 40.2 Å². The maximum Gasteiger partial charge on any atom is 0.257 e. The topological polar surface area (TPSA) is 65.5 Å². The molecule has 154 valence electrons. The molecule has 7 nitrogen and oxygen atoms in total. The number of thiophene rings is 2. The number of nitrogens with zero attached hydrogens (tertiary/aromatic N) is 4.